The van der Waals surface area contributed by atoms with Crippen LogP contribution in [0.2, 0.25) is 0 Å². The molecule has 0 saturated carbocycles. The number of nitrogens with zero attached hydrogens (tertiary/aromatic N) is 2. The number of para-hydroxylation sites is 1. The maximum atomic E-state index is 12.3. The smallest absolute Gasteiger partial charge is 0.336 e. The molecule has 1 N–H and O–H groups in total. The molecule has 0 unspecified atom stereocenters. The molecule has 2 aromatic carbocycles. The predicted octanol–water partition coefficient (Wildman–Crippen LogP) is 5.09. The average Bonchev–Trinajstić information content (AvgIpc) is 2.78. The zero-order chi connectivity index (χ0) is 22.1. The summed E-state index contributed by atoms with van der Waals surface area (Å²) in [7, 11) is 3.20. The third kappa shape index (κ3) is 3.91. The zero-order valence-corrected chi connectivity index (χ0v) is 19.2. The van der Waals surface area contributed by atoms with E-state index in [1.54, 1.807) is 14.2 Å². The van der Waals surface area contributed by atoms with Crippen LogP contribution in [-0.4, -0.2) is 48.3 Å². The SMILES string of the molecule is CCN1C/C(=C\c2cc(OC)c(OC)cc2Br)c2nc3ccccc3c(C(=O)O)c2C1. The Morgan fingerprint density at radius 3 is 2.58 bits per heavy atom. The van der Waals surface area contributed by atoms with Gasteiger partial charge in [-0.2, -0.15) is 0 Å². The van der Waals surface area contributed by atoms with E-state index >= 15 is 0 Å². The molecule has 0 aliphatic carbocycles. The lowest BCUT2D eigenvalue weighted by molar-refractivity contribution is 0.0696. The highest BCUT2D eigenvalue weighted by Gasteiger charge is 2.28. The van der Waals surface area contributed by atoms with Crippen molar-refractivity contribution in [2.45, 2.75) is 13.5 Å². The number of methoxy groups -OCH3 is 2. The fraction of sp³-hybridized carbons (Fsp3) is 0.250. The van der Waals surface area contributed by atoms with Gasteiger partial charge in [-0.25, -0.2) is 9.78 Å². The minimum absolute atomic E-state index is 0.330. The molecule has 0 spiro atoms. The van der Waals surface area contributed by atoms with E-state index in [0.29, 0.717) is 41.1 Å². The fourth-order valence-corrected chi connectivity index (χ4v) is 4.45. The predicted molar refractivity (Wildman–Crippen MR) is 125 cm³/mol. The fourth-order valence-electron chi connectivity index (χ4n) is 4.02. The van der Waals surface area contributed by atoms with Crippen LogP contribution in [0.25, 0.3) is 22.6 Å². The molecule has 3 aromatic rings. The van der Waals surface area contributed by atoms with Gasteiger partial charge in [0, 0.05) is 28.5 Å². The van der Waals surface area contributed by atoms with Crippen molar-refractivity contribution in [1.82, 2.24) is 9.88 Å². The lowest BCUT2D eigenvalue weighted by Gasteiger charge is -2.30. The molecule has 0 saturated heterocycles. The molecule has 4 rings (SSSR count). The van der Waals surface area contributed by atoms with Crippen molar-refractivity contribution >= 4 is 44.5 Å². The number of hydrogen-bond donors (Lipinski definition) is 1. The normalized spacial score (nSPS) is 15.2. The Morgan fingerprint density at radius 1 is 1.19 bits per heavy atom. The Morgan fingerprint density at radius 2 is 1.90 bits per heavy atom. The number of aromatic carboxylic acids is 1. The van der Waals surface area contributed by atoms with Gasteiger partial charge in [0.25, 0.3) is 0 Å². The van der Waals surface area contributed by atoms with Crippen molar-refractivity contribution in [2.75, 3.05) is 27.3 Å². The van der Waals surface area contributed by atoms with Gasteiger partial charge in [0.05, 0.1) is 31.0 Å². The molecule has 0 bridgehead atoms. The van der Waals surface area contributed by atoms with Crippen LogP contribution in [0.4, 0.5) is 0 Å². The van der Waals surface area contributed by atoms with Gasteiger partial charge in [-0.3, -0.25) is 4.90 Å². The topological polar surface area (TPSA) is 71.9 Å². The number of carboxylic acids is 1. The quantitative estimate of drug-likeness (QED) is 0.545. The molecule has 0 atom stereocenters. The second kappa shape index (κ2) is 8.69. The largest absolute Gasteiger partial charge is 0.493 e. The summed E-state index contributed by atoms with van der Waals surface area (Å²) in [6.45, 7) is 4.10. The van der Waals surface area contributed by atoms with Gasteiger partial charge in [0.1, 0.15) is 0 Å². The summed E-state index contributed by atoms with van der Waals surface area (Å²) in [5.74, 6) is 0.325. The van der Waals surface area contributed by atoms with E-state index < -0.39 is 5.97 Å². The molecule has 0 amide bonds. The van der Waals surface area contributed by atoms with Gasteiger partial charge >= 0.3 is 5.97 Å². The molecule has 160 valence electrons. The summed E-state index contributed by atoms with van der Waals surface area (Å²) in [6.07, 6.45) is 2.04. The number of aromatic nitrogens is 1. The number of likely N-dealkylation sites (N-methyl/N-ethyl adjacent to an activating group) is 1. The molecule has 2 heterocycles. The maximum absolute atomic E-state index is 12.3. The van der Waals surface area contributed by atoms with Crippen molar-refractivity contribution < 1.29 is 19.4 Å². The first-order chi connectivity index (χ1) is 15.0. The van der Waals surface area contributed by atoms with Gasteiger partial charge in [-0.05, 0) is 42.0 Å². The molecule has 0 fully saturated rings. The van der Waals surface area contributed by atoms with Crippen LogP contribution in [0.1, 0.15) is 34.1 Å². The maximum Gasteiger partial charge on any atom is 0.336 e. The van der Waals surface area contributed by atoms with E-state index in [4.69, 9.17) is 14.5 Å². The Hall–Kier alpha value is -2.90. The number of carboxylic acid groups (broad SMARTS) is 1. The Bertz CT molecular complexity index is 1210. The van der Waals surface area contributed by atoms with Gasteiger partial charge < -0.3 is 14.6 Å². The summed E-state index contributed by atoms with van der Waals surface area (Å²) in [5.41, 5.74) is 4.37. The number of rotatable bonds is 5. The third-order valence-corrected chi connectivity index (χ3v) is 6.25. The zero-order valence-electron chi connectivity index (χ0n) is 17.6. The highest BCUT2D eigenvalue weighted by molar-refractivity contribution is 9.10. The number of carbonyl (C=O) groups is 1. The Labute approximate surface area is 189 Å². The van der Waals surface area contributed by atoms with Gasteiger partial charge in [0.15, 0.2) is 11.5 Å². The molecule has 1 aromatic heterocycles. The van der Waals surface area contributed by atoms with E-state index in [2.05, 4.69) is 27.8 Å². The van der Waals surface area contributed by atoms with E-state index in [1.165, 1.54) is 0 Å². The number of hydrogen-bond acceptors (Lipinski definition) is 5. The molecule has 7 heteroatoms. The first kappa shape index (κ1) is 21.3. The molecular formula is C24H23BrN2O4. The Balaban J connectivity index is 1.97. The van der Waals surface area contributed by atoms with E-state index in [-0.39, 0.29) is 0 Å². The van der Waals surface area contributed by atoms with Crippen molar-refractivity contribution in [3.05, 3.63) is 63.3 Å². The summed E-state index contributed by atoms with van der Waals surface area (Å²) in [5, 5.41) is 10.7. The number of pyridine rings is 1. The van der Waals surface area contributed by atoms with E-state index in [0.717, 1.165) is 33.4 Å². The van der Waals surface area contributed by atoms with Crippen molar-refractivity contribution in [3.63, 3.8) is 0 Å². The van der Waals surface area contributed by atoms with Crippen LogP contribution < -0.4 is 9.47 Å². The number of benzene rings is 2. The highest BCUT2D eigenvalue weighted by Crippen LogP contribution is 2.38. The minimum Gasteiger partial charge on any atom is -0.493 e. The van der Waals surface area contributed by atoms with E-state index in [1.807, 2.05) is 42.5 Å². The first-order valence-electron chi connectivity index (χ1n) is 9.96. The molecular weight excluding hydrogens is 460 g/mol. The molecule has 0 radical (unpaired) electrons. The van der Waals surface area contributed by atoms with Gasteiger partial charge in [0.2, 0.25) is 0 Å². The van der Waals surface area contributed by atoms with Crippen LogP contribution >= 0.6 is 15.9 Å². The second-order valence-electron chi connectivity index (χ2n) is 7.34. The highest BCUT2D eigenvalue weighted by atomic mass is 79.9. The second-order valence-corrected chi connectivity index (χ2v) is 8.19. The van der Waals surface area contributed by atoms with Crippen molar-refractivity contribution in [1.29, 1.82) is 0 Å². The standard InChI is InChI=1S/C24H23BrN2O4/c1-4-27-12-15(9-14-10-20(30-2)21(31-3)11-18(14)25)23-17(13-27)22(24(28)29)16-7-5-6-8-19(16)26-23/h5-11H,4,12-13H2,1-3H3,(H,28,29)/b15-9+. The monoisotopic (exact) mass is 482 g/mol. The minimum atomic E-state index is -0.931. The first-order valence-corrected chi connectivity index (χ1v) is 10.8. The number of ether oxygens (including phenoxy) is 2. The third-order valence-electron chi connectivity index (χ3n) is 5.57. The van der Waals surface area contributed by atoms with Gasteiger partial charge in [-0.1, -0.05) is 41.1 Å². The summed E-state index contributed by atoms with van der Waals surface area (Å²) in [4.78, 5) is 19.3. The molecule has 31 heavy (non-hydrogen) atoms. The average molecular weight is 483 g/mol. The molecule has 1 aliphatic heterocycles. The summed E-state index contributed by atoms with van der Waals surface area (Å²) in [6, 6.07) is 11.2. The summed E-state index contributed by atoms with van der Waals surface area (Å²) < 4.78 is 11.7. The van der Waals surface area contributed by atoms with Gasteiger partial charge in [-0.15, -0.1) is 0 Å². The molecule has 1 aliphatic rings. The van der Waals surface area contributed by atoms with Crippen LogP contribution in [0.5, 0.6) is 11.5 Å². The number of halogens is 1. The lowest BCUT2D eigenvalue weighted by Crippen LogP contribution is -2.31. The van der Waals surface area contributed by atoms with Crippen molar-refractivity contribution in [3.8, 4) is 11.5 Å². The van der Waals surface area contributed by atoms with Crippen LogP contribution in [-0.2, 0) is 6.54 Å². The van der Waals surface area contributed by atoms with Crippen LogP contribution in [0.15, 0.2) is 40.9 Å². The number of fused-ring (bicyclic) bond motifs is 2. The lowest BCUT2D eigenvalue weighted by atomic mass is 9.92. The molecule has 6 nitrogen and oxygen atoms in total. The Kier molecular flexibility index (Phi) is 5.98. The van der Waals surface area contributed by atoms with Crippen LogP contribution in [0.3, 0.4) is 0 Å². The van der Waals surface area contributed by atoms with Crippen LogP contribution in [0, 0.1) is 0 Å². The van der Waals surface area contributed by atoms with Crippen molar-refractivity contribution in [2.24, 2.45) is 0 Å². The summed E-state index contributed by atoms with van der Waals surface area (Å²) >= 11 is 3.62. The van der Waals surface area contributed by atoms with E-state index in [9.17, 15) is 9.90 Å².